The first-order valence-electron chi connectivity index (χ1n) is 8.53. The third kappa shape index (κ3) is 4.01. The Balaban J connectivity index is 1.40. The number of ether oxygens (including phenoxy) is 1. The van der Waals surface area contributed by atoms with Gasteiger partial charge in [-0.05, 0) is 40.6 Å². The number of carbonyl (C=O) groups excluding carboxylic acids is 1. The van der Waals surface area contributed by atoms with Gasteiger partial charge < -0.3 is 9.26 Å². The SMILES string of the molecule is O=C(Cc1cccc2ccccc12)OCc1cc(-c2ccc(Cl)cc2)on1. The van der Waals surface area contributed by atoms with Crippen molar-refractivity contribution in [2.75, 3.05) is 0 Å². The van der Waals surface area contributed by atoms with Crippen molar-refractivity contribution in [1.29, 1.82) is 0 Å². The van der Waals surface area contributed by atoms with Crippen molar-refractivity contribution in [1.82, 2.24) is 5.16 Å². The van der Waals surface area contributed by atoms with E-state index < -0.39 is 0 Å². The van der Waals surface area contributed by atoms with Crippen LogP contribution in [0.25, 0.3) is 22.1 Å². The molecule has 4 nitrogen and oxygen atoms in total. The molecule has 134 valence electrons. The number of halogens is 1. The molecule has 0 fully saturated rings. The Labute approximate surface area is 161 Å². The molecule has 4 aromatic rings. The Morgan fingerprint density at radius 1 is 1.00 bits per heavy atom. The van der Waals surface area contributed by atoms with Gasteiger partial charge in [0.1, 0.15) is 12.3 Å². The molecule has 0 radical (unpaired) electrons. The Hall–Kier alpha value is -3.11. The van der Waals surface area contributed by atoms with Crippen molar-refractivity contribution >= 4 is 28.3 Å². The number of fused-ring (bicyclic) bond motifs is 1. The molecule has 0 spiro atoms. The highest BCUT2D eigenvalue weighted by Crippen LogP contribution is 2.23. The molecule has 0 N–H and O–H groups in total. The lowest BCUT2D eigenvalue weighted by Gasteiger charge is -2.06. The molecule has 0 saturated heterocycles. The summed E-state index contributed by atoms with van der Waals surface area (Å²) in [7, 11) is 0. The van der Waals surface area contributed by atoms with Gasteiger partial charge in [-0.3, -0.25) is 4.79 Å². The molecule has 0 bridgehead atoms. The molecule has 0 aliphatic rings. The van der Waals surface area contributed by atoms with E-state index in [1.165, 1.54) is 0 Å². The van der Waals surface area contributed by atoms with Crippen molar-refractivity contribution in [3.63, 3.8) is 0 Å². The van der Waals surface area contributed by atoms with Gasteiger partial charge in [0.05, 0.1) is 6.42 Å². The predicted molar refractivity (Wildman–Crippen MR) is 104 cm³/mol. The second-order valence-electron chi connectivity index (χ2n) is 6.17. The number of benzene rings is 3. The van der Waals surface area contributed by atoms with Crippen LogP contribution in [0, 0.1) is 0 Å². The minimum absolute atomic E-state index is 0.0701. The van der Waals surface area contributed by atoms with E-state index in [0.717, 1.165) is 21.9 Å². The van der Waals surface area contributed by atoms with Gasteiger partial charge >= 0.3 is 5.97 Å². The highest BCUT2D eigenvalue weighted by Gasteiger charge is 2.11. The highest BCUT2D eigenvalue weighted by atomic mass is 35.5. The third-order valence-electron chi connectivity index (χ3n) is 4.28. The number of rotatable bonds is 5. The van der Waals surface area contributed by atoms with E-state index in [9.17, 15) is 4.79 Å². The molecule has 0 aliphatic heterocycles. The lowest BCUT2D eigenvalue weighted by Crippen LogP contribution is -2.08. The molecule has 1 heterocycles. The molecular weight excluding hydrogens is 362 g/mol. The monoisotopic (exact) mass is 377 g/mol. The summed E-state index contributed by atoms with van der Waals surface area (Å²) in [5.41, 5.74) is 2.37. The number of esters is 1. The summed E-state index contributed by atoms with van der Waals surface area (Å²) in [6, 6.07) is 22.9. The lowest BCUT2D eigenvalue weighted by atomic mass is 10.0. The first kappa shape index (κ1) is 17.3. The average Bonchev–Trinajstić information content (AvgIpc) is 3.16. The molecule has 0 saturated carbocycles. The quantitative estimate of drug-likeness (QED) is 0.435. The zero-order valence-electron chi connectivity index (χ0n) is 14.4. The van der Waals surface area contributed by atoms with Gasteiger partial charge in [-0.1, -0.05) is 59.2 Å². The van der Waals surface area contributed by atoms with Crippen molar-refractivity contribution < 1.29 is 14.1 Å². The maximum Gasteiger partial charge on any atom is 0.310 e. The smallest absolute Gasteiger partial charge is 0.310 e. The van der Waals surface area contributed by atoms with Crippen molar-refractivity contribution in [3.05, 3.63) is 89.1 Å². The van der Waals surface area contributed by atoms with Crippen LogP contribution >= 0.6 is 11.6 Å². The summed E-state index contributed by atoms with van der Waals surface area (Å²) < 4.78 is 10.7. The van der Waals surface area contributed by atoms with Gasteiger partial charge in [-0.2, -0.15) is 0 Å². The van der Waals surface area contributed by atoms with Gasteiger partial charge in [0.25, 0.3) is 0 Å². The van der Waals surface area contributed by atoms with Crippen molar-refractivity contribution in [2.45, 2.75) is 13.0 Å². The fourth-order valence-corrected chi connectivity index (χ4v) is 3.06. The van der Waals surface area contributed by atoms with Crippen molar-refractivity contribution in [3.8, 4) is 11.3 Å². The Bertz CT molecular complexity index is 1080. The van der Waals surface area contributed by atoms with E-state index in [1.54, 1.807) is 18.2 Å². The first-order valence-corrected chi connectivity index (χ1v) is 8.90. The highest BCUT2D eigenvalue weighted by molar-refractivity contribution is 6.30. The van der Waals surface area contributed by atoms with Crippen LogP contribution in [0.15, 0.2) is 77.3 Å². The third-order valence-corrected chi connectivity index (χ3v) is 4.54. The second-order valence-corrected chi connectivity index (χ2v) is 6.60. The zero-order chi connectivity index (χ0) is 18.6. The summed E-state index contributed by atoms with van der Waals surface area (Å²) >= 11 is 5.89. The van der Waals surface area contributed by atoms with E-state index in [0.29, 0.717) is 16.5 Å². The second kappa shape index (κ2) is 7.64. The van der Waals surface area contributed by atoms with Crippen LogP contribution in [-0.2, 0) is 22.6 Å². The van der Waals surface area contributed by atoms with Gasteiger partial charge in [0.15, 0.2) is 5.76 Å². The number of carbonyl (C=O) groups is 1. The molecule has 4 rings (SSSR count). The van der Waals surface area contributed by atoms with Gasteiger partial charge in [-0.15, -0.1) is 0 Å². The van der Waals surface area contributed by atoms with Crippen molar-refractivity contribution in [2.24, 2.45) is 0 Å². The number of nitrogens with zero attached hydrogens (tertiary/aromatic N) is 1. The number of hydrogen-bond donors (Lipinski definition) is 0. The number of aromatic nitrogens is 1. The summed E-state index contributed by atoms with van der Waals surface area (Å²) in [5.74, 6) is 0.300. The van der Waals surface area contributed by atoms with E-state index >= 15 is 0 Å². The van der Waals surface area contributed by atoms with E-state index in [1.807, 2.05) is 54.6 Å². The van der Waals surface area contributed by atoms with Gasteiger partial charge in [0, 0.05) is 16.7 Å². The van der Waals surface area contributed by atoms with Crippen LogP contribution < -0.4 is 0 Å². The zero-order valence-corrected chi connectivity index (χ0v) is 15.1. The molecule has 0 unspecified atom stereocenters. The number of hydrogen-bond acceptors (Lipinski definition) is 4. The van der Waals surface area contributed by atoms with Gasteiger partial charge in [0.2, 0.25) is 0 Å². The maximum atomic E-state index is 12.2. The average molecular weight is 378 g/mol. The van der Waals surface area contributed by atoms with Crippen LogP contribution in [0.2, 0.25) is 5.02 Å². The molecule has 0 amide bonds. The molecule has 3 aromatic carbocycles. The summed E-state index contributed by atoms with van der Waals surface area (Å²) in [6.45, 7) is 0.0701. The molecule has 0 aliphatic carbocycles. The minimum atomic E-state index is -0.303. The first-order chi connectivity index (χ1) is 13.2. The summed E-state index contributed by atoms with van der Waals surface area (Å²) in [4.78, 5) is 12.2. The minimum Gasteiger partial charge on any atom is -0.459 e. The maximum absolute atomic E-state index is 12.2. The summed E-state index contributed by atoms with van der Waals surface area (Å²) in [5, 5.41) is 6.77. The molecule has 27 heavy (non-hydrogen) atoms. The fourth-order valence-electron chi connectivity index (χ4n) is 2.94. The standard InChI is InChI=1S/C22H16ClNO3/c23-18-10-8-16(9-11-18)21-13-19(24-27-21)14-26-22(25)12-17-6-3-5-15-4-1-2-7-20(15)17/h1-11,13H,12,14H2. The van der Waals surface area contributed by atoms with Crippen LogP contribution in [0.1, 0.15) is 11.3 Å². The van der Waals surface area contributed by atoms with E-state index in [4.69, 9.17) is 20.9 Å². The van der Waals surface area contributed by atoms with Crippen LogP contribution in [0.4, 0.5) is 0 Å². The molecule has 1 aromatic heterocycles. The Morgan fingerprint density at radius 2 is 1.78 bits per heavy atom. The Kier molecular flexibility index (Phi) is 4.90. The van der Waals surface area contributed by atoms with E-state index in [-0.39, 0.29) is 19.0 Å². The van der Waals surface area contributed by atoms with Crippen LogP contribution in [0.3, 0.4) is 0 Å². The van der Waals surface area contributed by atoms with Gasteiger partial charge in [-0.25, -0.2) is 0 Å². The van der Waals surface area contributed by atoms with Crippen LogP contribution in [0.5, 0.6) is 0 Å². The predicted octanol–water partition coefficient (Wildman–Crippen LogP) is 5.43. The lowest BCUT2D eigenvalue weighted by molar-refractivity contribution is -0.144. The Morgan fingerprint density at radius 3 is 2.63 bits per heavy atom. The van der Waals surface area contributed by atoms with E-state index in [2.05, 4.69) is 5.16 Å². The fraction of sp³-hybridized carbons (Fsp3) is 0.0909. The molecular formula is C22H16ClNO3. The molecule has 5 heteroatoms. The summed E-state index contributed by atoms with van der Waals surface area (Å²) in [6.07, 6.45) is 0.212. The topological polar surface area (TPSA) is 52.3 Å². The normalized spacial score (nSPS) is 10.9. The largest absolute Gasteiger partial charge is 0.459 e. The van der Waals surface area contributed by atoms with Crippen LogP contribution in [-0.4, -0.2) is 11.1 Å². The molecule has 0 atom stereocenters.